The largest absolute Gasteiger partial charge is 0.433 e. The molecule has 0 spiro atoms. The summed E-state index contributed by atoms with van der Waals surface area (Å²) in [4.78, 5) is 20.7. The van der Waals surface area contributed by atoms with E-state index in [1.54, 1.807) is 11.6 Å². The van der Waals surface area contributed by atoms with Crippen molar-refractivity contribution in [3.8, 4) is 0 Å². The van der Waals surface area contributed by atoms with E-state index in [4.69, 9.17) is 0 Å². The van der Waals surface area contributed by atoms with Gasteiger partial charge in [-0.2, -0.15) is 18.3 Å². The van der Waals surface area contributed by atoms with Gasteiger partial charge < -0.3 is 5.11 Å². The van der Waals surface area contributed by atoms with Crippen LogP contribution in [0.25, 0.3) is 11.0 Å². The van der Waals surface area contributed by atoms with Crippen LogP contribution < -0.4 is 5.56 Å². The third-order valence-corrected chi connectivity index (χ3v) is 5.73. The van der Waals surface area contributed by atoms with Gasteiger partial charge in [0, 0.05) is 24.8 Å². The van der Waals surface area contributed by atoms with Gasteiger partial charge in [-0.05, 0) is 37.7 Å². The Morgan fingerprint density at radius 3 is 2.38 bits per heavy atom. The van der Waals surface area contributed by atoms with Gasteiger partial charge >= 0.3 is 6.18 Å². The lowest BCUT2D eigenvalue weighted by Crippen LogP contribution is -2.33. The minimum atomic E-state index is -4.56. The maximum Gasteiger partial charge on any atom is 0.433 e. The van der Waals surface area contributed by atoms with Crippen LogP contribution in [0.3, 0.4) is 0 Å². The molecule has 1 atom stereocenters. The first kappa shape index (κ1) is 18.3. The van der Waals surface area contributed by atoms with Gasteiger partial charge in [0.05, 0.1) is 6.33 Å². The van der Waals surface area contributed by atoms with Crippen LogP contribution >= 0.6 is 0 Å². The Morgan fingerprint density at radius 1 is 1.10 bits per heavy atom. The molecule has 10 heteroatoms. The van der Waals surface area contributed by atoms with E-state index in [1.165, 1.54) is 17.1 Å². The molecule has 3 aromatic rings. The number of fused-ring (bicyclic) bond motifs is 1. The SMILES string of the molecule is Cn1nc2c(=O)n(C3CC3)cnc2c1[C@](O)(c1ccc(C(F)(F)F)nc1)C1CC1. The minimum absolute atomic E-state index is 0.131. The molecule has 5 rings (SSSR count). The van der Waals surface area contributed by atoms with Crippen LogP contribution in [0, 0.1) is 5.92 Å². The van der Waals surface area contributed by atoms with Gasteiger partial charge in [0.2, 0.25) is 0 Å². The second-order valence-electron chi connectivity index (χ2n) is 7.83. The van der Waals surface area contributed by atoms with E-state index in [0.29, 0.717) is 18.5 Å². The van der Waals surface area contributed by atoms with Crippen LogP contribution in [0.4, 0.5) is 13.2 Å². The Kier molecular flexibility index (Phi) is 3.71. The molecule has 0 bridgehead atoms. The number of nitrogens with zero attached hydrogens (tertiary/aromatic N) is 5. The van der Waals surface area contributed by atoms with E-state index >= 15 is 0 Å². The highest BCUT2D eigenvalue weighted by Gasteiger charge is 2.50. The molecule has 0 unspecified atom stereocenters. The monoisotopic (exact) mass is 405 g/mol. The van der Waals surface area contributed by atoms with Gasteiger partial charge in [-0.1, -0.05) is 6.07 Å². The predicted octanol–water partition coefficient (Wildman–Crippen LogP) is 2.52. The molecule has 2 saturated carbocycles. The summed E-state index contributed by atoms with van der Waals surface area (Å²) < 4.78 is 41.7. The molecule has 2 fully saturated rings. The first-order valence-corrected chi connectivity index (χ1v) is 9.41. The predicted molar refractivity (Wildman–Crippen MR) is 96.0 cm³/mol. The van der Waals surface area contributed by atoms with Crippen LogP contribution in [0.15, 0.2) is 29.5 Å². The zero-order valence-corrected chi connectivity index (χ0v) is 15.5. The smallest absolute Gasteiger partial charge is 0.378 e. The molecule has 29 heavy (non-hydrogen) atoms. The van der Waals surface area contributed by atoms with Gasteiger partial charge in [0.1, 0.15) is 22.5 Å². The summed E-state index contributed by atoms with van der Waals surface area (Å²) in [6.45, 7) is 0. The Hall–Kier alpha value is -2.75. The second kappa shape index (κ2) is 5.88. The van der Waals surface area contributed by atoms with Gasteiger partial charge in [-0.25, -0.2) is 4.98 Å². The highest BCUT2D eigenvalue weighted by molar-refractivity contribution is 5.78. The molecule has 0 saturated heterocycles. The lowest BCUT2D eigenvalue weighted by molar-refractivity contribution is -0.141. The normalized spacial score (nSPS) is 19.5. The van der Waals surface area contributed by atoms with Crippen molar-refractivity contribution in [2.24, 2.45) is 13.0 Å². The molecule has 3 heterocycles. The van der Waals surface area contributed by atoms with E-state index in [0.717, 1.165) is 25.1 Å². The third-order valence-electron chi connectivity index (χ3n) is 5.73. The number of hydrogen-bond acceptors (Lipinski definition) is 5. The summed E-state index contributed by atoms with van der Waals surface area (Å²) in [5.74, 6) is -0.215. The van der Waals surface area contributed by atoms with Gasteiger partial charge in [-0.3, -0.25) is 19.0 Å². The Bertz CT molecular complexity index is 1160. The average Bonchev–Trinajstić information content (AvgIpc) is 3.57. The first-order valence-electron chi connectivity index (χ1n) is 9.41. The van der Waals surface area contributed by atoms with Crippen molar-refractivity contribution in [3.05, 3.63) is 52.0 Å². The number of aromatic nitrogens is 5. The molecule has 0 amide bonds. The zero-order chi connectivity index (χ0) is 20.6. The quantitative estimate of drug-likeness (QED) is 0.721. The molecule has 2 aliphatic rings. The maximum absolute atomic E-state index is 12.9. The number of halogens is 3. The standard InChI is InChI=1S/C19H18F3N5O2/c1-26-16(14-15(25-26)17(28)27(9-24-14)12-5-6-12)18(29,10-2-3-10)11-4-7-13(23-8-11)19(20,21)22/h4,7-10,12,29H,2-3,5-6H2,1H3/t18-/m1/s1. The van der Waals surface area contributed by atoms with Gasteiger partial charge in [0.15, 0.2) is 5.52 Å². The summed E-state index contributed by atoms with van der Waals surface area (Å²) in [5, 5.41) is 16.0. The highest BCUT2D eigenvalue weighted by atomic mass is 19.4. The summed E-state index contributed by atoms with van der Waals surface area (Å²) in [5.41, 5.74) is -1.99. The van der Waals surface area contributed by atoms with Crippen molar-refractivity contribution in [1.29, 1.82) is 0 Å². The van der Waals surface area contributed by atoms with Gasteiger partial charge in [0.25, 0.3) is 5.56 Å². The van der Waals surface area contributed by atoms with E-state index in [9.17, 15) is 23.1 Å². The van der Waals surface area contributed by atoms with E-state index < -0.39 is 17.5 Å². The number of hydrogen-bond donors (Lipinski definition) is 1. The van der Waals surface area contributed by atoms with Gasteiger partial charge in [-0.15, -0.1) is 0 Å². The molecular formula is C19H18F3N5O2. The highest BCUT2D eigenvalue weighted by Crippen LogP contribution is 2.50. The fourth-order valence-electron chi connectivity index (χ4n) is 3.97. The molecule has 3 aromatic heterocycles. The lowest BCUT2D eigenvalue weighted by Gasteiger charge is -2.29. The number of aliphatic hydroxyl groups is 1. The number of pyridine rings is 1. The van der Waals surface area contributed by atoms with Crippen molar-refractivity contribution in [2.45, 2.75) is 43.5 Å². The number of rotatable bonds is 4. The zero-order valence-electron chi connectivity index (χ0n) is 15.5. The molecular weight excluding hydrogens is 387 g/mol. The average molecular weight is 405 g/mol. The van der Waals surface area contributed by atoms with Crippen molar-refractivity contribution < 1.29 is 18.3 Å². The van der Waals surface area contributed by atoms with E-state index in [2.05, 4.69) is 15.1 Å². The lowest BCUT2D eigenvalue weighted by atomic mass is 9.85. The van der Waals surface area contributed by atoms with E-state index in [1.807, 2.05) is 0 Å². The Morgan fingerprint density at radius 2 is 1.83 bits per heavy atom. The van der Waals surface area contributed by atoms with Crippen LogP contribution in [-0.4, -0.2) is 29.4 Å². The van der Waals surface area contributed by atoms with E-state index in [-0.39, 0.29) is 34.1 Å². The minimum Gasteiger partial charge on any atom is -0.378 e. The third kappa shape index (κ3) is 2.77. The van der Waals surface area contributed by atoms with Crippen LogP contribution in [0.5, 0.6) is 0 Å². The van der Waals surface area contributed by atoms with Crippen molar-refractivity contribution >= 4 is 11.0 Å². The first-order chi connectivity index (χ1) is 13.7. The Labute approximate surface area is 162 Å². The second-order valence-corrected chi connectivity index (χ2v) is 7.83. The van der Waals surface area contributed by atoms with Crippen molar-refractivity contribution in [3.63, 3.8) is 0 Å². The number of aryl methyl sites for hydroxylation is 1. The fourth-order valence-corrected chi connectivity index (χ4v) is 3.97. The van der Waals surface area contributed by atoms with Crippen LogP contribution in [0.2, 0.25) is 0 Å². The summed E-state index contributed by atoms with van der Waals surface area (Å²) in [6.07, 6.45) is 1.17. The van der Waals surface area contributed by atoms with Crippen LogP contribution in [-0.2, 0) is 18.8 Å². The molecule has 2 aliphatic carbocycles. The van der Waals surface area contributed by atoms with Crippen molar-refractivity contribution in [1.82, 2.24) is 24.3 Å². The van der Waals surface area contributed by atoms with Crippen LogP contribution in [0.1, 0.15) is 48.7 Å². The molecule has 0 radical (unpaired) electrons. The molecule has 0 aliphatic heterocycles. The summed E-state index contributed by atoms with van der Waals surface area (Å²) >= 11 is 0. The molecule has 7 nitrogen and oxygen atoms in total. The molecule has 1 N–H and O–H groups in total. The number of alkyl halides is 3. The summed E-state index contributed by atoms with van der Waals surface area (Å²) in [6, 6.07) is 2.22. The Balaban J connectivity index is 1.69. The topological polar surface area (TPSA) is 85.8 Å². The fraction of sp³-hybridized carbons (Fsp3) is 0.474. The summed E-state index contributed by atoms with van der Waals surface area (Å²) in [7, 11) is 1.60. The molecule has 0 aromatic carbocycles. The molecule has 152 valence electrons. The maximum atomic E-state index is 12.9. The van der Waals surface area contributed by atoms with Crippen molar-refractivity contribution in [2.75, 3.05) is 0 Å².